The van der Waals surface area contributed by atoms with Gasteiger partial charge in [-0.2, -0.15) is 0 Å². The SMILES string of the molecule is Cc1nc(NC[C@]2(c3ncccc3F)C[C@H](F)C2)ncc1-c1ccc(CC(=O)O)cc1. The summed E-state index contributed by atoms with van der Waals surface area (Å²) in [6.45, 7) is 2.13. The number of aromatic nitrogens is 3. The lowest BCUT2D eigenvalue weighted by atomic mass is 9.65. The normalized spacial score (nSPS) is 20.2. The van der Waals surface area contributed by atoms with E-state index in [0.29, 0.717) is 11.5 Å². The summed E-state index contributed by atoms with van der Waals surface area (Å²) in [4.78, 5) is 23.8. The van der Waals surface area contributed by atoms with Crippen molar-refractivity contribution >= 4 is 11.9 Å². The van der Waals surface area contributed by atoms with Gasteiger partial charge in [-0.3, -0.25) is 9.78 Å². The fourth-order valence-corrected chi connectivity index (χ4v) is 4.05. The predicted octanol–water partition coefficient (Wildman–Crippen LogP) is 4.10. The first-order valence-electron chi connectivity index (χ1n) is 10.00. The van der Waals surface area contributed by atoms with E-state index < -0.39 is 23.4 Å². The molecule has 1 aliphatic carbocycles. The van der Waals surface area contributed by atoms with Crippen LogP contribution in [-0.2, 0) is 16.6 Å². The van der Waals surface area contributed by atoms with Gasteiger partial charge in [-0.1, -0.05) is 24.3 Å². The zero-order valence-electron chi connectivity index (χ0n) is 17.0. The van der Waals surface area contributed by atoms with Gasteiger partial charge in [0.15, 0.2) is 0 Å². The molecule has 2 aromatic heterocycles. The Bertz CT molecular complexity index is 1100. The molecule has 0 amide bonds. The number of aliphatic carboxylic acids is 1. The molecular formula is C23H22F2N4O2. The van der Waals surface area contributed by atoms with Crippen LogP contribution in [0.1, 0.15) is 29.8 Å². The Kier molecular flexibility index (Phi) is 5.63. The van der Waals surface area contributed by atoms with Gasteiger partial charge in [-0.25, -0.2) is 18.7 Å². The Balaban J connectivity index is 1.49. The zero-order chi connectivity index (χ0) is 22.0. The van der Waals surface area contributed by atoms with E-state index >= 15 is 0 Å². The second-order valence-corrected chi connectivity index (χ2v) is 7.93. The van der Waals surface area contributed by atoms with Crippen LogP contribution in [0.15, 0.2) is 48.8 Å². The van der Waals surface area contributed by atoms with Crippen LogP contribution >= 0.6 is 0 Å². The third-order valence-electron chi connectivity index (χ3n) is 5.67. The van der Waals surface area contributed by atoms with Crippen molar-refractivity contribution in [2.45, 2.75) is 37.8 Å². The van der Waals surface area contributed by atoms with Crippen LogP contribution in [0, 0.1) is 12.7 Å². The fourth-order valence-electron chi connectivity index (χ4n) is 4.05. The van der Waals surface area contributed by atoms with Gasteiger partial charge in [0, 0.05) is 29.9 Å². The summed E-state index contributed by atoms with van der Waals surface area (Å²) in [6.07, 6.45) is 2.60. The Hall–Kier alpha value is -3.42. The molecule has 3 aromatic rings. The number of nitrogens with one attached hydrogen (secondary N) is 1. The lowest BCUT2D eigenvalue weighted by Crippen LogP contribution is -2.49. The van der Waals surface area contributed by atoms with Gasteiger partial charge in [0.05, 0.1) is 17.8 Å². The first-order valence-corrected chi connectivity index (χ1v) is 10.00. The van der Waals surface area contributed by atoms with Crippen molar-refractivity contribution in [1.29, 1.82) is 0 Å². The van der Waals surface area contributed by atoms with Crippen LogP contribution in [0.25, 0.3) is 11.1 Å². The predicted molar refractivity (Wildman–Crippen MR) is 112 cm³/mol. The molecule has 6 nitrogen and oxygen atoms in total. The Morgan fingerprint density at radius 3 is 2.58 bits per heavy atom. The zero-order valence-corrected chi connectivity index (χ0v) is 17.0. The van der Waals surface area contributed by atoms with Gasteiger partial charge >= 0.3 is 5.97 Å². The molecule has 1 aliphatic rings. The summed E-state index contributed by atoms with van der Waals surface area (Å²) in [5, 5.41) is 12.0. The maximum atomic E-state index is 14.3. The number of benzene rings is 1. The maximum Gasteiger partial charge on any atom is 0.307 e. The van der Waals surface area contributed by atoms with Gasteiger partial charge in [0.1, 0.15) is 12.0 Å². The number of carbonyl (C=O) groups is 1. The molecule has 8 heteroatoms. The van der Waals surface area contributed by atoms with Gasteiger partial charge in [0.25, 0.3) is 0 Å². The molecule has 0 unspecified atom stereocenters. The van der Waals surface area contributed by atoms with Crippen LogP contribution in [0.3, 0.4) is 0 Å². The van der Waals surface area contributed by atoms with Crippen LogP contribution in [0.2, 0.25) is 0 Å². The third kappa shape index (κ3) is 4.38. The van der Waals surface area contributed by atoms with Crippen molar-refractivity contribution in [3.8, 4) is 11.1 Å². The Morgan fingerprint density at radius 1 is 1.23 bits per heavy atom. The molecule has 2 heterocycles. The van der Waals surface area contributed by atoms with Gasteiger partial charge < -0.3 is 10.4 Å². The van der Waals surface area contributed by atoms with E-state index in [2.05, 4.69) is 20.3 Å². The van der Waals surface area contributed by atoms with Gasteiger partial charge in [-0.15, -0.1) is 0 Å². The molecule has 31 heavy (non-hydrogen) atoms. The minimum absolute atomic E-state index is 0.0308. The highest BCUT2D eigenvalue weighted by Crippen LogP contribution is 2.45. The molecule has 4 rings (SSSR count). The van der Waals surface area contributed by atoms with Crippen molar-refractivity contribution < 1.29 is 18.7 Å². The number of carboxylic acids is 1. The van der Waals surface area contributed by atoms with Crippen LogP contribution in [0.5, 0.6) is 0 Å². The molecule has 1 saturated carbocycles. The van der Waals surface area contributed by atoms with E-state index in [1.54, 1.807) is 18.3 Å². The molecule has 0 bridgehead atoms. The van der Waals surface area contributed by atoms with E-state index in [-0.39, 0.29) is 31.5 Å². The van der Waals surface area contributed by atoms with Gasteiger partial charge in [0.2, 0.25) is 5.95 Å². The second kappa shape index (κ2) is 8.37. The first-order chi connectivity index (χ1) is 14.9. The summed E-state index contributed by atoms with van der Waals surface area (Å²) in [6, 6.07) is 10.1. The maximum absolute atomic E-state index is 14.3. The molecule has 0 atom stereocenters. The smallest absolute Gasteiger partial charge is 0.307 e. The first kappa shape index (κ1) is 20.8. The number of alkyl halides is 1. The van der Waals surface area contributed by atoms with E-state index in [9.17, 15) is 13.6 Å². The number of carboxylic acid groups (broad SMARTS) is 1. The molecule has 2 N–H and O–H groups in total. The molecule has 0 saturated heterocycles. The van der Waals surface area contributed by atoms with Crippen molar-refractivity contribution in [3.63, 3.8) is 0 Å². The average Bonchev–Trinajstić information content (AvgIpc) is 2.71. The second-order valence-electron chi connectivity index (χ2n) is 7.93. The highest BCUT2D eigenvalue weighted by atomic mass is 19.1. The number of hydrogen-bond donors (Lipinski definition) is 2. The van der Waals surface area contributed by atoms with E-state index in [4.69, 9.17) is 5.11 Å². The topological polar surface area (TPSA) is 88.0 Å². The van der Waals surface area contributed by atoms with Crippen LogP contribution < -0.4 is 5.32 Å². The number of nitrogens with zero attached hydrogens (tertiary/aromatic N) is 3. The highest BCUT2D eigenvalue weighted by Gasteiger charge is 2.48. The molecule has 1 aromatic carbocycles. The van der Waals surface area contributed by atoms with E-state index in [1.165, 1.54) is 18.3 Å². The van der Waals surface area contributed by atoms with Crippen molar-refractivity contribution in [3.05, 3.63) is 71.6 Å². The van der Waals surface area contributed by atoms with Crippen LogP contribution in [-0.4, -0.2) is 38.7 Å². The largest absolute Gasteiger partial charge is 0.481 e. The number of hydrogen-bond acceptors (Lipinski definition) is 5. The average molecular weight is 424 g/mol. The van der Waals surface area contributed by atoms with Crippen molar-refractivity contribution in [1.82, 2.24) is 15.0 Å². The number of halogens is 2. The number of rotatable bonds is 7. The standard InChI is InChI=1S/C23H22F2N4O2/c1-14-18(16-6-4-15(5-7-16)9-20(30)31)12-27-22(29-14)28-13-23(10-17(24)11-23)21-19(25)3-2-8-26-21/h2-8,12,17H,9-11,13H2,1H3,(H,30,31)(H,27,28,29)/t17-,23-. The molecular weight excluding hydrogens is 402 g/mol. The van der Waals surface area contributed by atoms with Crippen LogP contribution in [0.4, 0.5) is 14.7 Å². The lowest BCUT2D eigenvalue weighted by molar-refractivity contribution is -0.136. The van der Waals surface area contributed by atoms with Crippen molar-refractivity contribution in [2.75, 3.05) is 11.9 Å². The summed E-state index contributed by atoms with van der Waals surface area (Å²) < 4.78 is 28.0. The summed E-state index contributed by atoms with van der Waals surface area (Å²) in [7, 11) is 0. The number of anilines is 1. The number of aryl methyl sites for hydroxylation is 1. The third-order valence-corrected chi connectivity index (χ3v) is 5.67. The van der Waals surface area contributed by atoms with E-state index in [0.717, 1.165) is 16.8 Å². The molecule has 0 aliphatic heterocycles. The minimum Gasteiger partial charge on any atom is -0.481 e. The Morgan fingerprint density at radius 2 is 1.97 bits per heavy atom. The van der Waals surface area contributed by atoms with Gasteiger partial charge in [-0.05, 0) is 43.0 Å². The minimum atomic E-state index is -0.975. The fraction of sp³-hybridized carbons (Fsp3) is 0.304. The van der Waals surface area contributed by atoms with Crippen molar-refractivity contribution in [2.24, 2.45) is 0 Å². The lowest BCUT2D eigenvalue weighted by Gasteiger charge is -2.43. The monoisotopic (exact) mass is 424 g/mol. The molecule has 1 fully saturated rings. The quantitative estimate of drug-likeness (QED) is 0.594. The molecule has 160 valence electrons. The molecule has 0 radical (unpaired) electrons. The molecule has 0 spiro atoms. The Labute approximate surface area is 178 Å². The summed E-state index contributed by atoms with van der Waals surface area (Å²) >= 11 is 0. The van der Waals surface area contributed by atoms with E-state index in [1.807, 2.05) is 19.1 Å². The highest BCUT2D eigenvalue weighted by molar-refractivity contribution is 5.71. The number of pyridine rings is 1. The summed E-state index contributed by atoms with van der Waals surface area (Å²) in [5.41, 5.74) is 2.70. The summed E-state index contributed by atoms with van der Waals surface area (Å²) in [5.74, 6) is -0.937.